The summed E-state index contributed by atoms with van der Waals surface area (Å²) in [6.07, 6.45) is 0. The molecule has 3 aromatic rings. The second kappa shape index (κ2) is 7.30. The number of hydrogen-bond acceptors (Lipinski definition) is 3. The van der Waals surface area contributed by atoms with Gasteiger partial charge in [-0.3, -0.25) is 14.7 Å². The summed E-state index contributed by atoms with van der Waals surface area (Å²) in [4.78, 5) is 19.3. The van der Waals surface area contributed by atoms with E-state index in [1.165, 1.54) is 23.9 Å². The molecule has 0 unspecified atom stereocenters. The van der Waals surface area contributed by atoms with Gasteiger partial charge in [-0.15, -0.1) is 0 Å². The Morgan fingerprint density at radius 3 is 2.65 bits per heavy atom. The highest BCUT2D eigenvalue weighted by molar-refractivity contribution is 8.13. The number of benzene rings is 3. The van der Waals surface area contributed by atoms with Crippen LogP contribution in [-0.2, 0) is 5.75 Å². The minimum Gasteiger partial charge on any atom is -0.286 e. The topological polar surface area (TPSA) is 32.7 Å². The van der Waals surface area contributed by atoms with Crippen molar-refractivity contribution in [2.45, 2.75) is 5.75 Å². The Hall–Kier alpha value is -2.66. The van der Waals surface area contributed by atoms with Gasteiger partial charge in [-0.05, 0) is 34.5 Å². The van der Waals surface area contributed by atoms with Crippen molar-refractivity contribution in [1.29, 1.82) is 0 Å². The number of amidine groups is 1. The zero-order chi connectivity index (χ0) is 17.9. The maximum atomic E-state index is 13.1. The van der Waals surface area contributed by atoms with Crippen LogP contribution in [0.15, 0.2) is 71.7 Å². The third-order valence-corrected chi connectivity index (χ3v) is 5.43. The Morgan fingerprint density at radius 1 is 1.04 bits per heavy atom. The van der Waals surface area contributed by atoms with Crippen molar-refractivity contribution in [3.63, 3.8) is 0 Å². The Morgan fingerprint density at radius 2 is 1.81 bits per heavy atom. The number of thioether (sulfide) groups is 1. The van der Waals surface area contributed by atoms with Gasteiger partial charge in [-0.25, -0.2) is 4.39 Å². The van der Waals surface area contributed by atoms with Gasteiger partial charge >= 0.3 is 0 Å². The maximum absolute atomic E-state index is 13.1. The Labute approximate surface area is 155 Å². The van der Waals surface area contributed by atoms with E-state index in [2.05, 4.69) is 4.99 Å². The molecule has 0 saturated carbocycles. The molecule has 1 aliphatic heterocycles. The van der Waals surface area contributed by atoms with Crippen LogP contribution in [0.5, 0.6) is 0 Å². The highest BCUT2D eigenvalue weighted by Gasteiger charge is 2.26. The predicted molar refractivity (Wildman–Crippen MR) is 105 cm³/mol. The average Bonchev–Trinajstić information content (AvgIpc) is 3.15. The number of halogens is 1. The van der Waals surface area contributed by atoms with E-state index in [9.17, 15) is 9.18 Å². The molecule has 0 bridgehead atoms. The van der Waals surface area contributed by atoms with Gasteiger partial charge in [0.25, 0.3) is 5.91 Å². The molecule has 1 aliphatic rings. The largest absolute Gasteiger partial charge is 0.286 e. The van der Waals surface area contributed by atoms with E-state index in [0.717, 1.165) is 21.5 Å². The summed E-state index contributed by atoms with van der Waals surface area (Å²) in [6, 6.07) is 20.1. The van der Waals surface area contributed by atoms with Crippen molar-refractivity contribution in [2.75, 3.05) is 13.1 Å². The second-order valence-electron chi connectivity index (χ2n) is 6.06. The molecule has 0 atom stereocenters. The minimum atomic E-state index is -0.246. The molecule has 0 spiro atoms. The normalized spacial score (nSPS) is 13.9. The summed E-state index contributed by atoms with van der Waals surface area (Å²) in [5.74, 6) is 0.382. The van der Waals surface area contributed by atoms with Crippen LogP contribution in [0.4, 0.5) is 4.39 Å². The van der Waals surface area contributed by atoms with Crippen LogP contribution in [0.3, 0.4) is 0 Å². The van der Waals surface area contributed by atoms with Gasteiger partial charge < -0.3 is 0 Å². The third kappa shape index (κ3) is 3.35. The standard InChI is InChI=1S/C21H17FN2OS/c22-17-10-8-15(9-11-17)14-26-21-23-12-13-24(21)20(25)19-7-3-5-16-4-1-2-6-18(16)19/h1-11H,12-14H2. The van der Waals surface area contributed by atoms with E-state index in [1.54, 1.807) is 17.0 Å². The van der Waals surface area contributed by atoms with Crippen LogP contribution in [0.2, 0.25) is 0 Å². The van der Waals surface area contributed by atoms with Crippen molar-refractivity contribution in [2.24, 2.45) is 4.99 Å². The van der Waals surface area contributed by atoms with Crippen LogP contribution < -0.4 is 0 Å². The molecule has 0 saturated heterocycles. The summed E-state index contributed by atoms with van der Waals surface area (Å²) >= 11 is 1.51. The number of aliphatic imine (C=N–C) groups is 1. The van der Waals surface area contributed by atoms with Gasteiger partial charge in [0.05, 0.1) is 6.54 Å². The number of amides is 1. The van der Waals surface area contributed by atoms with Crippen LogP contribution >= 0.6 is 11.8 Å². The number of nitrogens with zero attached hydrogens (tertiary/aromatic N) is 2. The molecular formula is C21H17FN2OS. The van der Waals surface area contributed by atoms with Crippen molar-refractivity contribution in [3.8, 4) is 0 Å². The van der Waals surface area contributed by atoms with Crippen LogP contribution in [0.1, 0.15) is 15.9 Å². The molecule has 0 radical (unpaired) electrons. The van der Waals surface area contributed by atoms with Gasteiger partial charge in [-0.1, -0.05) is 60.3 Å². The zero-order valence-electron chi connectivity index (χ0n) is 14.1. The van der Waals surface area contributed by atoms with Crippen LogP contribution in [-0.4, -0.2) is 29.1 Å². The second-order valence-corrected chi connectivity index (χ2v) is 7.01. The first-order chi connectivity index (χ1) is 12.7. The van der Waals surface area contributed by atoms with Crippen molar-refractivity contribution in [3.05, 3.63) is 83.7 Å². The number of fused-ring (bicyclic) bond motifs is 1. The fourth-order valence-corrected chi connectivity index (χ4v) is 4.03. The number of carbonyl (C=O) groups excluding carboxylic acids is 1. The predicted octanol–water partition coefficient (Wildman–Crippen LogP) is 4.72. The Kier molecular flexibility index (Phi) is 4.71. The summed E-state index contributed by atoms with van der Waals surface area (Å²) in [7, 11) is 0. The van der Waals surface area contributed by atoms with Gasteiger partial charge in [0, 0.05) is 17.9 Å². The van der Waals surface area contributed by atoms with E-state index in [-0.39, 0.29) is 11.7 Å². The Bertz CT molecular complexity index is 979. The molecule has 130 valence electrons. The van der Waals surface area contributed by atoms with Crippen molar-refractivity contribution in [1.82, 2.24) is 4.90 Å². The van der Waals surface area contributed by atoms with E-state index >= 15 is 0 Å². The van der Waals surface area contributed by atoms with Gasteiger partial charge in [0.15, 0.2) is 5.17 Å². The molecule has 0 aliphatic carbocycles. The van der Waals surface area contributed by atoms with Crippen molar-refractivity contribution < 1.29 is 9.18 Å². The first-order valence-electron chi connectivity index (χ1n) is 8.44. The quantitative estimate of drug-likeness (QED) is 0.673. The monoisotopic (exact) mass is 364 g/mol. The SMILES string of the molecule is O=C(c1cccc2ccccc12)N1CCN=C1SCc1ccc(F)cc1. The molecule has 5 heteroatoms. The number of hydrogen-bond donors (Lipinski definition) is 0. The van der Waals surface area contributed by atoms with E-state index in [0.29, 0.717) is 24.4 Å². The van der Waals surface area contributed by atoms with Gasteiger partial charge in [0.2, 0.25) is 0 Å². The molecule has 1 heterocycles. The molecule has 0 fully saturated rings. The van der Waals surface area contributed by atoms with Gasteiger partial charge in [-0.2, -0.15) is 0 Å². The lowest BCUT2D eigenvalue weighted by Crippen LogP contribution is -2.33. The van der Waals surface area contributed by atoms with Gasteiger partial charge in [0.1, 0.15) is 5.82 Å². The fourth-order valence-electron chi connectivity index (χ4n) is 3.02. The summed E-state index contributed by atoms with van der Waals surface area (Å²) < 4.78 is 13.0. The highest BCUT2D eigenvalue weighted by atomic mass is 32.2. The van der Waals surface area contributed by atoms with E-state index in [1.807, 2.05) is 42.5 Å². The lowest BCUT2D eigenvalue weighted by atomic mass is 10.0. The molecule has 0 aromatic heterocycles. The molecule has 3 nitrogen and oxygen atoms in total. The number of rotatable bonds is 3. The minimum absolute atomic E-state index is 0.0235. The van der Waals surface area contributed by atoms with E-state index in [4.69, 9.17) is 0 Å². The van der Waals surface area contributed by atoms with Crippen LogP contribution in [0.25, 0.3) is 10.8 Å². The zero-order valence-corrected chi connectivity index (χ0v) is 14.9. The first-order valence-corrected chi connectivity index (χ1v) is 9.42. The van der Waals surface area contributed by atoms with Crippen molar-refractivity contribution >= 4 is 33.6 Å². The summed E-state index contributed by atoms with van der Waals surface area (Å²) in [5, 5.41) is 2.73. The lowest BCUT2D eigenvalue weighted by molar-refractivity contribution is 0.0862. The number of carbonyl (C=O) groups is 1. The molecule has 1 amide bonds. The molecule has 3 aromatic carbocycles. The summed E-state index contributed by atoms with van der Waals surface area (Å²) in [6.45, 7) is 1.20. The first kappa shape index (κ1) is 16.8. The smallest absolute Gasteiger partial charge is 0.260 e. The highest BCUT2D eigenvalue weighted by Crippen LogP contribution is 2.25. The molecule has 0 N–H and O–H groups in total. The lowest BCUT2D eigenvalue weighted by Gasteiger charge is -2.19. The molecular weight excluding hydrogens is 347 g/mol. The van der Waals surface area contributed by atoms with E-state index < -0.39 is 0 Å². The molecule has 4 rings (SSSR count). The fraction of sp³-hybridized carbons (Fsp3) is 0.143. The van der Waals surface area contributed by atoms with Crippen LogP contribution in [0, 0.1) is 5.82 Å². The Balaban J connectivity index is 1.53. The third-order valence-electron chi connectivity index (χ3n) is 4.35. The molecule has 26 heavy (non-hydrogen) atoms. The average molecular weight is 364 g/mol. The summed E-state index contributed by atoms with van der Waals surface area (Å²) in [5.41, 5.74) is 1.70. The maximum Gasteiger partial charge on any atom is 0.260 e.